The fourth-order valence-electron chi connectivity index (χ4n) is 0.914. The third-order valence-electron chi connectivity index (χ3n) is 1.66. The van der Waals surface area contributed by atoms with Gasteiger partial charge in [-0.25, -0.2) is 4.39 Å². The van der Waals surface area contributed by atoms with E-state index in [9.17, 15) is 8.78 Å². The van der Waals surface area contributed by atoms with Crippen molar-refractivity contribution in [3.05, 3.63) is 29.3 Å². The molecule has 0 aliphatic rings. The van der Waals surface area contributed by atoms with Gasteiger partial charge in [0.2, 0.25) is 0 Å². The van der Waals surface area contributed by atoms with Gasteiger partial charge in [0.25, 0.3) is 0 Å². The molecule has 4 N–H and O–H groups in total. The van der Waals surface area contributed by atoms with Crippen LogP contribution in [0.4, 0.5) is 8.78 Å². The zero-order valence-corrected chi connectivity index (χ0v) is 6.67. The number of hydrogen-bond acceptors (Lipinski definition) is 3. The maximum atomic E-state index is 12.7. The minimum absolute atomic E-state index is 0.152. The standard InChI is InChI=1S/C8H9F2NO2/c9-5-1-4(6(11)3-12)2-7(13)8(5)10/h1-2,6,12-13H,3,11H2. The lowest BCUT2D eigenvalue weighted by atomic mass is 10.1. The first-order chi connectivity index (χ1) is 6.06. The van der Waals surface area contributed by atoms with Crippen molar-refractivity contribution < 1.29 is 19.0 Å². The van der Waals surface area contributed by atoms with Crippen molar-refractivity contribution in [2.24, 2.45) is 5.73 Å². The summed E-state index contributed by atoms with van der Waals surface area (Å²) >= 11 is 0. The number of aliphatic hydroxyl groups excluding tert-OH is 1. The average Bonchev–Trinajstić information content (AvgIpc) is 2.12. The summed E-state index contributed by atoms with van der Waals surface area (Å²) in [6, 6.07) is 1.01. The Morgan fingerprint density at radius 1 is 1.38 bits per heavy atom. The van der Waals surface area contributed by atoms with E-state index in [2.05, 4.69) is 0 Å². The van der Waals surface area contributed by atoms with Crippen molar-refractivity contribution in [1.29, 1.82) is 0 Å². The monoisotopic (exact) mass is 189 g/mol. The Morgan fingerprint density at radius 3 is 2.46 bits per heavy atom. The van der Waals surface area contributed by atoms with Gasteiger partial charge >= 0.3 is 0 Å². The van der Waals surface area contributed by atoms with Gasteiger partial charge in [-0.3, -0.25) is 0 Å². The molecule has 0 saturated heterocycles. The number of benzene rings is 1. The lowest BCUT2D eigenvalue weighted by Crippen LogP contribution is -2.14. The largest absolute Gasteiger partial charge is 0.505 e. The Morgan fingerprint density at radius 2 is 2.00 bits per heavy atom. The molecule has 0 saturated carbocycles. The highest BCUT2D eigenvalue weighted by atomic mass is 19.2. The highest BCUT2D eigenvalue weighted by molar-refractivity contribution is 5.32. The van der Waals surface area contributed by atoms with Crippen LogP contribution in [0, 0.1) is 11.6 Å². The second-order valence-corrected chi connectivity index (χ2v) is 2.62. The summed E-state index contributed by atoms with van der Waals surface area (Å²) in [5.74, 6) is -3.30. The van der Waals surface area contributed by atoms with Crippen molar-refractivity contribution >= 4 is 0 Å². The second-order valence-electron chi connectivity index (χ2n) is 2.62. The Hall–Kier alpha value is -1.20. The molecule has 72 valence electrons. The first kappa shape index (κ1) is 9.88. The summed E-state index contributed by atoms with van der Waals surface area (Å²) in [5, 5.41) is 17.5. The minimum Gasteiger partial charge on any atom is -0.505 e. The maximum absolute atomic E-state index is 12.7. The molecule has 0 radical (unpaired) electrons. The van der Waals surface area contributed by atoms with Crippen LogP contribution in [0.15, 0.2) is 12.1 Å². The number of phenols is 1. The van der Waals surface area contributed by atoms with Crippen LogP contribution < -0.4 is 5.73 Å². The summed E-state index contributed by atoms with van der Waals surface area (Å²) in [6.07, 6.45) is 0. The van der Waals surface area contributed by atoms with E-state index in [0.29, 0.717) is 0 Å². The summed E-state index contributed by atoms with van der Waals surface area (Å²) in [7, 11) is 0. The van der Waals surface area contributed by atoms with E-state index >= 15 is 0 Å². The van der Waals surface area contributed by atoms with Gasteiger partial charge in [0.1, 0.15) is 0 Å². The smallest absolute Gasteiger partial charge is 0.200 e. The molecule has 0 fully saturated rings. The van der Waals surface area contributed by atoms with Crippen molar-refractivity contribution in [2.45, 2.75) is 6.04 Å². The first-order valence-corrected chi connectivity index (χ1v) is 3.60. The van der Waals surface area contributed by atoms with Gasteiger partial charge in [-0.05, 0) is 17.7 Å². The Balaban J connectivity index is 3.13. The van der Waals surface area contributed by atoms with Gasteiger partial charge in [0.15, 0.2) is 17.4 Å². The van der Waals surface area contributed by atoms with Crippen LogP contribution in [-0.2, 0) is 0 Å². The molecule has 1 unspecified atom stereocenters. The van der Waals surface area contributed by atoms with Gasteiger partial charge in [-0.15, -0.1) is 0 Å². The molecule has 0 bridgehead atoms. The zero-order valence-electron chi connectivity index (χ0n) is 6.67. The van der Waals surface area contributed by atoms with E-state index in [-0.39, 0.29) is 5.56 Å². The molecule has 1 atom stereocenters. The predicted octanol–water partition coefficient (Wildman–Crippen LogP) is 0.662. The van der Waals surface area contributed by atoms with E-state index in [1.54, 1.807) is 0 Å². The normalized spacial score (nSPS) is 12.9. The number of phenolic OH excluding ortho intramolecular Hbond substituents is 1. The molecule has 5 heteroatoms. The highest BCUT2D eigenvalue weighted by Crippen LogP contribution is 2.23. The summed E-state index contributed by atoms with van der Waals surface area (Å²) in [5.41, 5.74) is 5.48. The van der Waals surface area contributed by atoms with Gasteiger partial charge < -0.3 is 15.9 Å². The van der Waals surface area contributed by atoms with Gasteiger partial charge in [-0.2, -0.15) is 4.39 Å². The lowest BCUT2D eigenvalue weighted by Gasteiger charge is -2.09. The Kier molecular flexibility index (Phi) is 2.79. The Labute approximate surface area is 73.4 Å². The maximum Gasteiger partial charge on any atom is 0.200 e. The van der Waals surface area contributed by atoms with E-state index in [0.717, 1.165) is 12.1 Å². The second kappa shape index (κ2) is 3.68. The fraction of sp³-hybridized carbons (Fsp3) is 0.250. The fourth-order valence-corrected chi connectivity index (χ4v) is 0.914. The molecule has 1 rings (SSSR count). The minimum atomic E-state index is -1.31. The molecule has 1 aromatic carbocycles. The van der Waals surface area contributed by atoms with Crippen LogP contribution in [-0.4, -0.2) is 16.8 Å². The molecule has 0 aromatic heterocycles. The zero-order chi connectivity index (χ0) is 10.0. The molecule has 1 aromatic rings. The summed E-state index contributed by atoms with van der Waals surface area (Å²) in [4.78, 5) is 0. The quantitative estimate of drug-likeness (QED) is 0.640. The molecular formula is C8H9F2NO2. The van der Waals surface area contributed by atoms with Gasteiger partial charge in [-0.1, -0.05) is 0 Å². The first-order valence-electron chi connectivity index (χ1n) is 3.60. The SMILES string of the molecule is NC(CO)c1cc(O)c(F)c(F)c1. The third-order valence-corrected chi connectivity index (χ3v) is 1.66. The number of nitrogens with two attached hydrogens (primary N) is 1. The number of aliphatic hydroxyl groups is 1. The van der Waals surface area contributed by atoms with Crippen LogP contribution in [0.3, 0.4) is 0 Å². The molecule has 0 heterocycles. The topological polar surface area (TPSA) is 66.5 Å². The number of rotatable bonds is 2. The average molecular weight is 189 g/mol. The van der Waals surface area contributed by atoms with E-state index in [1.807, 2.05) is 0 Å². The third kappa shape index (κ3) is 1.93. The molecule has 0 aliphatic heterocycles. The number of hydrogen-bond donors (Lipinski definition) is 3. The van der Waals surface area contributed by atoms with Crippen molar-refractivity contribution in [3.63, 3.8) is 0 Å². The molecule has 13 heavy (non-hydrogen) atoms. The van der Waals surface area contributed by atoms with Crippen LogP contribution >= 0.6 is 0 Å². The van der Waals surface area contributed by atoms with Crippen molar-refractivity contribution in [1.82, 2.24) is 0 Å². The lowest BCUT2D eigenvalue weighted by molar-refractivity contribution is 0.267. The highest BCUT2D eigenvalue weighted by Gasteiger charge is 2.13. The van der Waals surface area contributed by atoms with E-state index in [1.165, 1.54) is 0 Å². The number of aromatic hydroxyl groups is 1. The van der Waals surface area contributed by atoms with Crippen LogP contribution in [0.2, 0.25) is 0 Å². The van der Waals surface area contributed by atoms with Crippen LogP contribution in [0.5, 0.6) is 5.75 Å². The summed E-state index contributed by atoms with van der Waals surface area (Å²) in [6.45, 7) is -0.398. The Bertz CT molecular complexity index is 294. The van der Waals surface area contributed by atoms with Gasteiger partial charge in [0.05, 0.1) is 12.6 Å². The molecule has 0 amide bonds. The predicted molar refractivity (Wildman–Crippen MR) is 42.0 cm³/mol. The van der Waals surface area contributed by atoms with Crippen LogP contribution in [0.1, 0.15) is 11.6 Å². The summed E-state index contributed by atoms with van der Waals surface area (Å²) < 4.78 is 25.2. The molecular weight excluding hydrogens is 180 g/mol. The van der Waals surface area contributed by atoms with E-state index in [4.69, 9.17) is 15.9 Å². The molecule has 3 nitrogen and oxygen atoms in total. The van der Waals surface area contributed by atoms with Gasteiger partial charge in [0, 0.05) is 0 Å². The van der Waals surface area contributed by atoms with Crippen molar-refractivity contribution in [2.75, 3.05) is 6.61 Å². The van der Waals surface area contributed by atoms with Crippen LogP contribution in [0.25, 0.3) is 0 Å². The van der Waals surface area contributed by atoms with Crippen molar-refractivity contribution in [3.8, 4) is 5.75 Å². The molecule has 0 aliphatic carbocycles. The molecule has 0 spiro atoms. The number of halogens is 2. The van der Waals surface area contributed by atoms with E-state index < -0.39 is 30.0 Å².